The summed E-state index contributed by atoms with van der Waals surface area (Å²) < 4.78 is 26.5. The van der Waals surface area contributed by atoms with Gasteiger partial charge in [0.15, 0.2) is 0 Å². The molecular weight excluding hydrogens is 294 g/mol. The molecule has 0 bridgehead atoms. The van der Waals surface area contributed by atoms with E-state index in [1.165, 1.54) is 4.31 Å². The van der Waals surface area contributed by atoms with Crippen LogP contribution in [0.2, 0.25) is 0 Å². The molecule has 1 aliphatic rings. The van der Waals surface area contributed by atoms with Crippen molar-refractivity contribution in [3.63, 3.8) is 0 Å². The lowest BCUT2D eigenvalue weighted by Gasteiger charge is -2.19. The third kappa shape index (κ3) is 3.60. The molecule has 0 amide bonds. The molecule has 0 saturated carbocycles. The second-order valence-electron chi connectivity index (χ2n) is 4.52. The number of hydrogen-bond acceptors (Lipinski definition) is 2. The Morgan fingerprint density at radius 2 is 1.75 bits per heavy atom. The summed E-state index contributed by atoms with van der Waals surface area (Å²) in [6, 6.07) is 6.87. The van der Waals surface area contributed by atoms with Gasteiger partial charge in [-0.15, -0.1) is 0 Å². The molecular formula is C15H16ClNO2S. The number of sulfonamides is 1. The van der Waals surface area contributed by atoms with Crippen LogP contribution in [-0.4, -0.2) is 25.8 Å². The van der Waals surface area contributed by atoms with Gasteiger partial charge in [0, 0.05) is 18.1 Å². The molecule has 0 saturated heterocycles. The summed E-state index contributed by atoms with van der Waals surface area (Å²) >= 11 is 5.92. The molecule has 1 aromatic carbocycles. The quantitative estimate of drug-likeness (QED) is 0.841. The maximum atomic E-state index is 12.6. The molecule has 0 aromatic heterocycles. The molecule has 5 heteroatoms. The molecule has 20 heavy (non-hydrogen) atoms. The van der Waals surface area contributed by atoms with Gasteiger partial charge in [-0.3, -0.25) is 0 Å². The average Bonchev–Trinajstić information content (AvgIpc) is 2.51. The summed E-state index contributed by atoms with van der Waals surface area (Å²) in [7, 11) is -3.49. The fourth-order valence-electron chi connectivity index (χ4n) is 1.81. The Balaban J connectivity index is 2.29. The summed E-state index contributed by atoms with van der Waals surface area (Å²) in [5, 5.41) is 0.579. The van der Waals surface area contributed by atoms with Crippen molar-refractivity contribution in [3.8, 4) is 0 Å². The second-order valence-corrected chi connectivity index (χ2v) is 6.89. The van der Waals surface area contributed by atoms with E-state index in [0.29, 0.717) is 23.0 Å². The molecule has 0 atom stereocenters. The van der Waals surface area contributed by atoms with Crippen LogP contribution in [0.1, 0.15) is 5.56 Å². The van der Waals surface area contributed by atoms with Crippen LogP contribution in [0.15, 0.2) is 64.6 Å². The van der Waals surface area contributed by atoms with E-state index >= 15 is 0 Å². The SMILES string of the molecule is Cc1ccc(S(=O)(=O)N2CC=CC=C(Cl)C=CC2)cc1. The zero-order valence-electron chi connectivity index (χ0n) is 11.2. The first-order chi connectivity index (χ1) is 9.50. The zero-order valence-corrected chi connectivity index (χ0v) is 12.7. The highest BCUT2D eigenvalue weighted by atomic mass is 35.5. The highest BCUT2D eigenvalue weighted by Gasteiger charge is 2.22. The van der Waals surface area contributed by atoms with Crippen LogP contribution in [0.3, 0.4) is 0 Å². The molecule has 1 aromatic rings. The minimum atomic E-state index is -3.49. The predicted molar refractivity (Wildman–Crippen MR) is 82.2 cm³/mol. The van der Waals surface area contributed by atoms with Crippen LogP contribution in [0, 0.1) is 6.92 Å². The van der Waals surface area contributed by atoms with E-state index in [1.807, 2.05) is 6.92 Å². The van der Waals surface area contributed by atoms with Crippen molar-refractivity contribution in [2.45, 2.75) is 11.8 Å². The van der Waals surface area contributed by atoms with Gasteiger partial charge in [0.2, 0.25) is 10.0 Å². The number of aryl methyl sites for hydroxylation is 1. The van der Waals surface area contributed by atoms with E-state index in [2.05, 4.69) is 0 Å². The van der Waals surface area contributed by atoms with Crippen LogP contribution in [0.5, 0.6) is 0 Å². The van der Waals surface area contributed by atoms with Gasteiger partial charge in [-0.1, -0.05) is 47.5 Å². The number of allylic oxidation sites excluding steroid dienone is 4. The van der Waals surface area contributed by atoms with Crippen molar-refractivity contribution in [2.75, 3.05) is 13.1 Å². The average molecular weight is 310 g/mol. The number of halogens is 1. The Labute approximate surface area is 124 Å². The van der Waals surface area contributed by atoms with Gasteiger partial charge in [0.05, 0.1) is 4.90 Å². The first-order valence-electron chi connectivity index (χ1n) is 6.26. The molecule has 0 radical (unpaired) electrons. The first kappa shape index (κ1) is 15.0. The Bertz CT molecular complexity index is 658. The fraction of sp³-hybridized carbons (Fsp3) is 0.200. The predicted octanol–water partition coefficient (Wildman–Crippen LogP) is 3.23. The highest BCUT2D eigenvalue weighted by molar-refractivity contribution is 7.89. The largest absolute Gasteiger partial charge is 0.243 e. The van der Waals surface area contributed by atoms with Crippen molar-refractivity contribution in [1.82, 2.24) is 4.31 Å². The molecule has 1 heterocycles. The molecule has 3 nitrogen and oxygen atoms in total. The minimum Gasteiger partial charge on any atom is -0.207 e. The van der Waals surface area contributed by atoms with Crippen LogP contribution < -0.4 is 0 Å². The Hall–Kier alpha value is -1.36. The fourth-order valence-corrected chi connectivity index (χ4v) is 3.31. The van der Waals surface area contributed by atoms with E-state index < -0.39 is 10.0 Å². The Morgan fingerprint density at radius 3 is 2.45 bits per heavy atom. The van der Waals surface area contributed by atoms with Crippen molar-refractivity contribution >= 4 is 21.6 Å². The van der Waals surface area contributed by atoms with Crippen LogP contribution in [0.4, 0.5) is 0 Å². The van der Waals surface area contributed by atoms with Crippen LogP contribution in [-0.2, 0) is 10.0 Å². The number of rotatable bonds is 2. The van der Waals surface area contributed by atoms with Gasteiger partial charge in [-0.05, 0) is 31.2 Å². The monoisotopic (exact) mass is 309 g/mol. The van der Waals surface area contributed by atoms with Gasteiger partial charge >= 0.3 is 0 Å². The topological polar surface area (TPSA) is 37.4 Å². The first-order valence-corrected chi connectivity index (χ1v) is 8.07. The Morgan fingerprint density at radius 1 is 1.10 bits per heavy atom. The third-order valence-electron chi connectivity index (χ3n) is 2.95. The molecule has 0 spiro atoms. The lowest BCUT2D eigenvalue weighted by atomic mass is 10.2. The lowest BCUT2D eigenvalue weighted by Crippen LogP contribution is -2.31. The number of hydrogen-bond donors (Lipinski definition) is 0. The summed E-state index contributed by atoms with van der Waals surface area (Å²) in [5.74, 6) is 0. The van der Waals surface area contributed by atoms with Gasteiger partial charge in [0.25, 0.3) is 0 Å². The number of nitrogens with zero attached hydrogens (tertiary/aromatic N) is 1. The Kier molecular flexibility index (Phi) is 4.81. The van der Waals surface area contributed by atoms with Crippen molar-refractivity contribution in [2.24, 2.45) is 0 Å². The summed E-state index contributed by atoms with van der Waals surface area (Å²) in [5.41, 5.74) is 1.03. The van der Waals surface area contributed by atoms with Crippen molar-refractivity contribution < 1.29 is 8.42 Å². The summed E-state index contributed by atoms with van der Waals surface area (Å²) in [6.07, 6.45) is 8.73. The molecule has 1 aliphatic heterocycles. The number of benzene rings is 1. The normalized spacial score (nSPS) is 17.2. The van der Waals surface area contributed by atoms with Gasteiger partial charge < -0.3 is 0 Å². The standard InChI is InChI=1S/C15H16ClNO2S/c1-13-7-9-15(10-8-13)20(18,19)17-11-3-2-5-14(16)6-4-12-17/h2-10H,11-12H2,1H3. The van der Waals surface area contributed by atoms with E-state index in [1.54, 1.807) is 54.6 Å². The van der Waals surface area contributed by atoms with Gasteiger partial charge in [0.1, 0.15) is 0 Å². The summed E-state index contributed by atoms with van der Waals surface area (Å²) in [4.78, 5) is 0.309. The van der Waals surface area contributed by atoms with E-state index in [4.69, 9.17) is 11.6 Å². The van der Waals surface area contributed by atoms with Crippen LogP contribution in [0.25, 0.3) is 0 Å². The third-order valence-corrected chi connectivity index (χ3v) is 5.04. The minimum absolute atomic E-state index is 0.296. The molecule has 0 fully saturated rings. The van der Waals surface area contributed by atoms with Gasteiger partial charge in [-0.25, -0.2) is 8.42 Å². The molecule has 0 unspecified atom stereocenters. The van der Waals surface area contributed by atoms with Crippen molar-refractivity contribution in [3.05, 3.63) is 65.2 Å². The van der Waals surface area contributed by atoms with E-state index in [-0.39, 0.29) is 0 Å². The van der Waals surface area contributed by atoms with E-state index in [0.717, 1.165) is 5.56 Å². The smallest absolute Gasteiger partial charge is 0.207 e. The maximum Gasteiger partial charge on any atom is 0.243 e. The molecule has 0 N–H and O–H groups in total. The molecule has 0 aliphatic carbocycles. The lowest BCUT2D eigenvalue weighted by molar-refractivity contribution is 0.474. The molecule has 2 rings (SSSR count). The summed E-state index contributed by atoms with van der Waals surface area (Å²) in [6.45, 7) is 2.54. The zero-order chi connectivity index (χ0) is 14.6. The van der Waals surface area contributed by atoms with Crippen molar-refractivity contribution in [1.29, 1.82) is 0 Å². The van der Waals surface area contributed by atoms with Crippen LogP contribution >= 0.6 is 11.6 Å². The second kappa shape index (κ2) is 6.39. The van der Waals surface area contributed by atoms with Gasteiger partial charge in [-0.2, -0.15) is 4.31 Å². The maximum absolute atomic E-state index is 12.6. The molecule has 106 valence electrons. The highest BCUT2D eigenvalue weighted by Crippen LogP contribution is 2.17. The van der Waals surface area contributed by atoms with E-state index in [9.17, 15) is 8.42 Å².